The fourth-order valence-electron chi connectivity index (χ4n) is 3.58. The van der Waals surface area contributed by atoms with Crippen molar-refractivity contribution in [3.63, 3.8) is 0 Å². The summed E-state index contributed by atoms with van der Waals surface area (Å²) in [6, 6.07) is 5.33. The van der Waals surface area contributed by atoms with Crippen LogP contribution in [0.1, 0.15) is 52.7 Å². The van der Waals surface area contributed by atoms with E-state index in [0.717, 1.165) is 18.2 Å². The van der Waals surface area contributed by atoms with Gasteiger partial charge in [-0.05, 0) is 38.3 Å². The first-order chi connectivity index (χ1) is 16.4. The Bertz CT molecular complexity index is 1290. The molecule has 0 spiro atoms. The van der Waals surface area contributed by atoms with E-state index in [-0.39, 0.29) is 28.6 Å². The predicted octanol–water partition coefficient (Wildman–Crippen LogP) is 7.42. The Balaban J connectivity index is 2.35. The highest BCUT2D eigenvalue weighted by molar-refractivity contribution is 7.91. The van der Waals surface area contributed by atoms with E-state index in [9.17, 15) is 26.5 Å². The van der Waals surface area contributed by atoms with E-state index in [1.54, 1.807) is 20.8 Å². The number of nitrogens with zero attached hydrogens (tertiary/aromatic N) is 3. The van der Waals surface area contributed by atoms with Crippen molar-refractivity contribution in [2.45, 2.75) is 65.4 Å². The van der Waals surface area contributed by atoms with Gasteiger partial charge in [0.1, 0.15) is 33.3 Å². The number of benzene rings is 1. The molecular formula is C25H27F6N3OS. The third kappa shape index (κ3) is 6.05. The average Bonchev–Trinajstić information content (AvgIpc) is 3.04. The summed E-state index contributed by atoms with van der Waals surface area (Å²) in [5.74, 6) is -1.11. The molecule has 0 bridgehead atoms. The highest BCUT2D eigenvalue weighted by Gasteiger charge is 2.35. The molecule has 3 aromatic rings. The number of halogens is 6. The molecule has 0 aliphatic rings. The van der Waals surface area contributed by atoms with Gasteiger partial charge in [-0.3, -0.25) is 0 Å². The number of fused-ring (bicyclic) bond motifs is 1. The van der Waals surface area contributed by atoms with Gasteiger partial charge in [0, 0.05) is 29.3 Å². The SMILES string of the molecule is CC(C)(C)Cn1cc(C(=N[S+]([O-])C(C)(C)C)C(F)F)c2cc(F)c(-c3ccccc3C(F)(F)F)nc21. The lowest BCUT2D eigenvalue weighted by molar-refractivity contribution is -0.137. The Morgan fingerprint density at radius 2 is 1.69 bits per heavy atom. The molecule has 0 saturated heterocycles. The maximum atomic E-state index is 15.3. The molecule has 1 atom stereocenters. The maximum Gasteiger partial charge on any atom is 0.417 e. The van der Waals surface area contributed by atoms with E-state index < -0.39 is 57.1 Å². The lowest BCUT2D eigenvalue weighted by Crippen LogP contribution is -2.28. The molecule has 0 aliphatic heterocycles. The van der Waals surface area contributed by atoms with Gasteiger partial charge in [0.25, 0.3) is 6.43 Å². The Morgan fingerprint density at radius 3 is 2.22 bits per heavy atom. The molecule has 1 unspecified atom stereocenters. The van der Waals surface area contributed by atoms with Gasteiger partial charge in [0.05, 0.1) is 5.56 Å². The first-order valence-corrected chi connectivity index (χ1v) is 12.2. The van der Waals surface area contributed by atoms with Crippen LogP contribution in [0.25, 0.3) is 22.3 Å². The van der Waals surface area contributed by atoms with Crippen molar-refractivity contribution >= 4 is 28.1 Å². The molecule has 196 valence electrons. The Morgan fingerprint density at radius 1 is 1.08 bits per heavy atom. The van der Waals surface area contributed by atoms with Crippen molar-refractivity contribution in [2.75, 3.05) is 0 Å². The van der Waals surface area contributed by atoms with Gasteiger partial charge in [0.2, 0.25) is 0 Å². The van der Waals surface area contributed by atoms with Crippen molar-refractivity contribution in [3.05, 3.63) is 53.5 Å². The number of alkyl halides is 5. The van der Waals surface area contributed by atoms with Gasteiger partial charge in [-0.1, -0.05) is 43.4 Å². The second-order valence-electron chi connectivity index (χ2n) is 10.6. The Labute approximate surface area is 208 Å². The molecule has 0 amide bonds. The van der Waals surface area contributed by atoms with Crippen LogP contribution >= 0.6 is 0 Å². The molecule has 36 heavy (non-hydrogen) atoms. The molecule has 0 radical (unpaired) electrons. The Hall–Kier alpha value is -2.53. The minimum atomic E-state index is -4.76. The van der Waals surface area contributed by atoms with Gasteiger partial charge < -0.3 is 9.12 Å². The van der Waals surface area contributed by atoms with Crippen molar-refractivity contribution < 1.29 is 30.9 Å². The fourth-order valence-corrected chi connectivity index (χ4v) is 4.21. The highest BCUT2D eigenvalue weighted by atomic mass is 32.2. The summed E-state index contributed by atoms with van der Waals surface area (Å²) in [6.45, 7) is 10.6. The molecule has 1 aromatic carbocycles. The lowest BCUT2D eigenvalue weighted by Gasteiger charge is -2.20. The number of hydrogen-bond acceptors (Lipinski definition) is 3. The van der Waals surface area contributed by atoms with Crippen molar-refractivity contribution in [2.24, 2.45) is 9.81 Å². The molecule has 4 nitrogen and oxygen atoms in total. The van der Waals surface area contributed by atoms with E-state index in [1.165, 1.54) is 22.9 Å². The topological polar surface area (TPSA) is 53.2 Å². The first kappa shape index (κ1) is 28.0. The number of hydrogen-bond donors (Lipinski definition) is 0. The molecule has 3 rings (SSSR count). The zero-order valence-electron chi connectivity index (χ0n) is 20.7. The van der Waals surface area contributed by atoms with Crippen LogP contribution in [0, 0.1) is 11.2 Å². The summed E-state index contributed by atoms with van der Waals surface area (Å²) < 4.78 is 101. The summed E-state index contributed by atoms with van der Waals surface area (Å²) in [6.07, 6.45) is -6.59. The van der Waals surface area contributed by atoms with Crippen LogP contribution < -0.4 is 0 Å². The van der Waals surface area contributed by atoms with Crippen molar-refractivity contribution in [3.8, 4) is 11.3 Å². The summed E-state index contributed by atoms with van der Waals surface area (Å²) in [4.78, 5) is 4.21. The molecule has 11 heteroatoms. The molecule has 2 heterocycles. The number of rotatable bonds is 5. The number of pyridine rings is 1. The second-order valence-corrected chi connectivity index (χ2v) is 12.5. The lowest BCUT2D eigenvalue weighted by atomic mass is 9.97. The highest BCUT2D eigenvalue weighted by Crippen LogP contribution is 2.38. The number of aromatic nitrogens is 2. The standard InChI is InChI=1S/C25H27F6N3OS/c1-23(2,3)13-34-12-16(20(21(27)28)33-36(35)24(4,5)6)15-11-18(26)19(32-22(15)34)14-9-7-8-10-17(14)25(29,30)31/h7-12,21H,13H2,1-6H3. The van der Waals surface area contributed by atoms with E-state index in [0.29, 0.717) is 0 Å². The van der Waals surface area contributed by atoms with E-state index in [4.69, 9.17) is 0 Å². The summed E-state index contributed by atoms with van der Waals surface area (Å²) in [7, 11) is 0. The minimum Gasteiger partial charge on any atom is -0.591 e. The molecule has 0 aliphatic carbocycles. The molecule has 2 aromatic heterocycles. The molecule has 0 saturated carbocycles. The van der Waals surface area contributed by atoms with Crippen LogP contribution in [0.3, 0.4) is 0 Å². The van der Waals surface area contributed by atoms with Crippen molar-refractivity contribution in [1.82, 2.24) is 9.55 Å². The van der Waals surface area contributed by atoms with Gasteiger partial charge in [0.15, 0.2) is 5.71 Å². The van der Waals surface area contributed by atoms with Gasteiger partial charge in [-0.15, -0.1) is 0 Å². The first-order valence-electron chi connectivity index (χ1n) is 11.1. The zero-order chi connectivity index (χ0) is 27.2. The third-order valence-corrected chi connectivity index (χ3v) is 6.53. The monoisotopic (exact) mass is 531 g/mol. The summed E-state index contributed by atoms with van der Waals surface area (Å²) in [5.41, 5.74) is -3.44. The average molecular weight is 532 g/mol. The maximum absolute atomic E-state index is 15.3. The minimum absolute atomic E-state index is 0.0168. The Kier molecular flexibility index (Phi) is 7.59. The quantitative estimate of drug-likeness (QED) is 0.195. The zero-order valence-corrected chi connectivity index (χ0v) is 21.5. The molecule has 0 fully saturated rings. The summed E-state index contributed by atoms with van der Waals surface area (Å²) >= 11 is -2.03. The normalized spacial score (nSPS) is 14.7. The fraction of sp³-hybridized carbons (Fsp3) is 0.440. The summed E-state index contributed by atoms with van der Waals surface area (Å²) in [5, 5.41) is -0.0602. The second kappa shape index (κ2) is 9.74. The van der Waals surface area contributed by atoms with E-state index in [2.05, 4.69) is 9.38 Å². The third-order valence-electron chi connectivity index (χ3n) is 5.12. The van der Waals surface area contributed by atoms with Crippen LogP contribution in [-0.4, -0.2) is 31.0 Å². The van der Waals surface area contributed by atoms with Gasteiger partial charge in [-0.25, -0.2) is 18.2 Å². The smallest absolute Gasteiger partial charge is 0.417 e. The van der Waals surface area contributed by atoms with Crippen LogP contribution in [0.2, 0.25) is 0 Å². The van der Waals surface area contributed by atoms with Crippen LogP contribution in [-0.2, 0) is 24.1 Å². The molecular weight excluding hydrogens is 504 g/mol. The van der Waals surface area contributed by atoms with Crippen LogP contribution in [0.15, 0.2) is 40.9 Å². The largest absolute Gasteiger partial charge is 0.591 e. The van der Waals surface area contributed by atoms with Crippen molar-refractivity contribution in [1.29, 1.82) is 0 Å². The van der Waals surface area contributed by atoms with Gasteiger partial charge >= 0.3 is 6.18 Å². The molecule has 0 N–H and O–H groups in total. The van der Waals surface area contributed by atoms with Gasteiger partial charge in [-0.2, -0.15) is 13.2 Å². The van der Waals surface area contributed by atoms with E-state index >= 15 is 4.39 Å². The van der Waals surface area contributed by atoms with Crippen LogP contribution in [0.4, 0.5) is 26.3 Å². The predicted molar refractivity (Wildman–Crippen MR) is 130 cm³/mol. The van der Waals surface area contributed by atoms with E-state index in [1.807, 2.05) is 20.8 Å². The van der Waals surface area contributed by atoms with Crippen LogP contribution in [0.5, 0.6) is 0 Å².